The zero-order valence-electron chi connectivity index (χ0n) is 11.8. The van der Waals surface area contributed by atoms with Crippen molar-refractivity contribution in [3.05, 3.63) is 22.5 Å². The lowest BCUT2D eigenvalue weighted by Crippen LogP contribution is -2.22. The van der Waals surface area contributed by atoms with Crippen molar-refractivity contribution >= 4 is 16.5 Å². The van der Waals surface area contributed by atoms with Crippen LogP contribution in [-0.4, -0.2) is 26.5 Å². The topological polar surface area (TPSA) is 72.7 Å². The second-order valence-corrected chi connectivity index (χ2v) is 5.45. The van der Waals surface area contributed by atoms with Gasteiger partial charge in [-0.2, -0.15) is 5.10 Å². The predicted molar refractivity (Wildman–Crippen MR) is 81.1 cm³/mol. The molecule has 0 saturated carbocycles. The molecule has 0 aliphatic carbocycles. The zero-order valence-corrected chi connectivity index (χ0v) is 12.6. The molecule has 0 fully saturated rings. The Hall–Kier alpha value is -1.76. The van der Waals surface area contributed by atoms with Gasteiger partial charge in [0.25, 0.3) is 5.56 Å². The van der Waals surface area contributed by atoms with Crippen LogP contribution in [0.3, 0.4) is 0 Å². The van der Waals surface area contributed by atoms with Gasteiger partial charge in [-0.1, -0.05) is 31.6 Å². The molecule has 0 spiro atoms. The van der Waals surface area contributed by atoms with E-state index in [1.807, 2.05) is 0 Å². The third-order valence-corrected chi connectivity index (χ3v) is 3.66. The Morgan fingerprint density at radius 2 is 2.10 bits per heavy atom. The molecule has 0 amide bonds. The average Bonchev–Trinajstić information content (AvgIpc) is 2.93. The maximum absolute atomic E-state index is 11.7. The van der Waals surface area contributed by atoms with Gasteiger partial charge in [0.05, 0.1) is 0 Å². The lowest BCUT2D eigenvalue weighted by Gasteiger charge is -2.03. The van der Waals surface area contributed by atoms with E-state index in [0.717, 1.165) is 35.9 Å². The minimum absolute atomic E-state index is 0.0731. The SMILES string of the molecule is CCCCn1nc(-c2nnc(NCCC)s2)ccc1=O. The van der Waals surface area contributed by atoms with E-state index in [9.17, 15) is 4.79 Å². The summed E-state index contributed by atoms with van der Waals surface area (Å²) >= 11 is 1.45. The lowest BCUT2D eigenvalue weighted by molar-refractivity contribution is 0.545. The summed E-state index contributed by atoms with van der Waals surface area (Å²) in [5.74, 6) is 0. The first-order valence-corrected chi connectivity index (χ1v) is 7.72. The van der Waals surface area contributed by atoms with Crippen molar-refractivity contribution in [2.24, 2.45) is 0 Å². The fourth-order valence-corrected chi connectivity index (χ4v) is 2.40. The molecule has 7 heteroatoms. The van der Waals surface area contributed by atoms with Gasteiger partial charge in [-0.25, -0.2) is 4.68 Å². The highest BCUT2D eigenvalue weighted by Crippen LogP contribution is 2.23. The summed E-state index contributed by atoms with van der Waals surface area (Å²) in [5, 5.41) is 17.3. The third kappa shape index (κ3) is 3.63. The van der Waals surface area contributed by atoms with Gasteiger partial charge in [0.1, 0.15) is 5.69 Å². The number of unbranched alkanes of at least 4 members (excludes halogenated alkanes) is 1. The maximum atomic E-state index is 11.7. The van der Waals surface area contributed by atoms with Gasteiger partial charge in [0, 0.05) is 19.2 Å². The molecule has 0 radical (unpaired) electrons. The number of nitrogens with one attached hydrogen (secondary N) is 1. The van der Waals surface area contributed by atoms with Crippen molar-refractivity contribution in [1.29, 1.82) is 0 Å². The van der Waals surface area contributed by atoms with Crippen LogP contribution in [0.4, 0.5) is 5.13 Å². The quantitative estimate of drug-likeness (QED) is 0.848. The van der Waals surface area contributed by atoms with Crippen molar-refractivity contribution in [2.45, 2.75) is 39.7 Å². The molecule has 0 unspecified atom stereocenters. The standard InChI is InChI=1S/C13H19N5OS/c1-3-5-9-18-11(19)7-6-10(17-18)12-15-16-13(20-12)14-8-4-2/h6-7H,3-5,8-9H2,1-2H3,(H,14,16). The smallest absolute Gasteiger partial charge is 0.266 e. The number of hydrogen-bond acceptors (Lipinski definition) is 6. The van der Waals surface area contributed by atoms with E-state index < -0.39 is 0 Å². The summed E-state index contributed by atoms with van der Waals surface area (Å²) in [4.78, 5) is 11.7. The second kappa shape index (κ2) is 7.14. The Kier molecular flexibility index (Phi) is 5.23. The Morgan fingerprint density at radius 1 is 1.25 bits per heavy atom. The summed E-state index contributed by atoms with van der Waals surface area (Å²) in [6.07, 6.45) is 3.01. The highest BCUT2D eigenvalue weighted by Gasteiger charge is 2.09. The number of anilines is 1. The molecule has 0 saturated heterocycles. The predicted octanol–water partition coefficient (Wildman–Crippen LogP) is 2.38. The van der Waals surface area contributed by atoms with E-state index in [-0.39, 0.29) is 5.56 Å². The highest BCUT2D eigenvalue weighted by molar-refractivity contribution is 7.18. The Bertz CT molecular complexity index is 607. The largest absolute Gasteiger partial charge is 0.360 e. The zero-order chi connectivity index (χ0) is 14.4. The van der Waals surface area contributed by atoms with E-state index in [1.54, 1.807) is 12.1 Å². The van der Waals surface area contributed by atoms with Crippen LogP contribution in [0, 0.1) is 0 Å². The Morgan fingerprint density at radius 3 is 2.85 bits per heavy atom. The number of rotatable bonds is 7. The van der Waals surface area contributed by atoms with Crippen LogP contribution in [0.2, 0.25) is 0 Å². The molecular formula is C13H19N5OS. The maximum Gasteiger partial charge on any atom is 0.266 e. The first kappa shape index (κ1) is 14.6. The van der Waals surface area contributed by atoms with Crippen LogP contribution in [0.1, 0.15) is 33.1 Å². The van der Waals surface area contributed by atoms with Crippen LogP contribution < -0.4 is 10.9 Å². The molecular weight excluding hydrogens is 274 g/mol. The van der Waals surface area contributed by atoms with Crippen LogP contribution in [0.25, 0.3) is 10.7 Å². The molecule has 0 aliphatic heterocycles. The van der Waals surface area contributed by atoms with E-state index >= 15 is 0 Å². The molecule has 2 rings (SSSR count). The van der Waals surface area contributed by atoms with Crippen LogP contribution in [0.15, 0.2) is 16.9 Å². The number of aromatic nitrogens is 4. The highest BCUT2D eigenvalue weighted by atomic mass is 32.1. The molecule has 20 heavy (non-hydrogen) atoms. The summed E-state index contributed by atoms with van der Waals surface area (Å²) in [6, 6.07) is 3.24. The minimum Gasteiger partial charge on any atom is -0.360 e. The molecule has 1 N–H and O–H groups in total. The Balaban J connectivity index is 2.19. The van der Waals surface area contributed by atoms with Gasteiger partial charge in [-0.15, -0.1) is 10.2 Å². The first-order chi connectivity index (χ1) is 9.74. The van der Waals surface area contributed by atoms with E-state index in [0.29, 0.717) is 12.2 Å². The number of hydrogen-bond donors (Lipinski definition) is 1. The van der Waals surface area contributed by atoms with Gasteiger partial charge in [0.15, 0.2) is 5.01 Å². The number of aryl methyl sites for hydroxylation is 1. The normalized spacial score (nSPS) is 10.7. The second-order valence-electron chi connectivity index (χ2n) is 4.47. The van der Waals surface area contributed by atoms with Crippen molar-refractivity contribution < 1.29 is 0 Å². The summed E-state index contributed by atoms with van der Waals surface area (Å²) in [7, 11) is 0. The molecule has 2 aromatic rings. The lowest BCUT2D eigenvalue weighted by atomic mass is 10.3. The van der Waals surface area contributed by atoms with Gasteiger partial charge < -0.3 is 5.32 Å². The van der Waals surface area contributed by atoms with Gasteiger partial charge in [-0.3, -0.25) is 4.79 Å². The average molecular weight is 293 g/mol. The van der Waals surface area contributed by atoms with E-state index in [4.69, 9.17) is 0 Å². The van der Waals surface area contributed by atoms with Crippen molar-refractivity contribution in [2.75, 3.05) is 11.9 Å². The first-order valence-electron chi connectivity index (χ1n) is 6.90. The molecule has 2 aromatic heterocycles. The Labute approximate surface area is 121 Å². The fraction of sp³-hybridized carbons (Fsp3) is 0.538. The minimum atomic E-state index is -0.0731. The van der Waals surface area contributed by atoms with Gasteiger partial charge in [0.2, 0.25) is 5.13 Å². The van der Waals surface area contributed by atoms with E-state index in [1.165, 1.54) is 16.0 Å². The van der Waals surface area contributed by atoms with Gasteiger partial charge >= 0.3 is 0 Å². The van der Waals surface area contributed by atoms with E-state index in [2.05, 4.69) is 34.5 Å². The molecule has 0 bridgehead atoms. The van der Waals surface area contributed by atoms with Crippen LogP contribution >= 0.6 is 11.3 Å². The molecule has 0 aliphatic rings. The summed E-state index contributed by atoms with van der Waals surface area (Å²) < 4.78 is 1.50. The monoisotopic (exact) mass is 293 g/mol. The van der Waals surface area contributed by atoms with Crippen molar-refractivity contribution in [3.63, 3.8) is 0 Å². The molecule has 108 valence electrons. The van der Waals surface area contributed by atoms with Crippen LogP contribution in [-0.2, 0) is 6.54 Å². The summed E-state index contributed by atoms with van der Waals surface area (Å²) in [5.41, 5.74) is 0.624. The molecule has 0 aromatic carbocycles. The van der Waals surface area contributed by atoms with Crippen LogP contribution in [0.5, 0.6) is 0 Å². The summed E-state index contributed by atoms with van der Waals surface area (Å²) in [6.45, 7) is 5.70. The number of nitrogens with zero attached hydrogens (tertiary/aromatic N) is 4. The van der Waals surface area contributed by atoms with Gasteiger partial charge in [-0.05, 0) is 18.9 Å². The molecule has 6 nitrogen and oxygen atoms in total. The molecule has 0 atom stereocenters. The fourth-order valence-electron chi connectivity index (χ4n) is 1.66. The molecule has 2 heterocycles. The third-order valence-electron chi connectivity index (χ3n) is 2.76. The van der Waals surface area contributed by atoms with Crippen molar-refractivity contribution in [3.8, 4) is 10.7 Å². The van der Waals surface area contributed by atoms with Crippen molar-refractivity contribution in [1.82, 2.24) is 20.0 Å².